The Morgan fingerprint density at radius 3 is 2.55 bits per heavy atom. The summed E-state index contributed by atoms with van der Waals surface area (Å²) in [5.41, 5.74) is 0.442. The van der Waals surface area contributed by atoms with Crippen molar-refractivity contribution in [2.45, 2.75) is 26.2 Å². The molecule has 4 nitrogen and oxygen atoms in total. The Morgan fingerprint density at radius 1 is 1.27 bits per heavy atom. The highest BCUT2D eigenvalue weighted by atomic mass is 35.5. The molecule has 0 spiro atoms. The van der Waals surface area contributed by atoms with Gasteiger partial charge in [-0.05, 0) is 43.4 Å². The molecule has 1 saturated heterocycles. The van der Waals surface area contributed by atoms with Gasteiger partial charge in [-0.15, -0.1) is 0 Å². The van der Waals surface area contributed by atoms with Gasteiger partial charge in [0.2, 0.25) is 5.91 Å². The molecule has 0 unspecified atom stereocenters. The molecule has 1 fully saturated rings. The van der Waals surface area contributed by atoms with Gasteiger partial charge in [-0.2, -0.15) is 0 Å². The molecule has 1 aliphatic rings. The Hall–Kier alpha value is -1.26. The summed E-state index contributed by atoms with van der Waals surface area (Å²) in [7, 11) is 0. The average molecular weight is 343 g/mol. The Balaban J connectivity index is 1.75. The Bertz CT molecular complexity index is 555. The molecule has 6 heteroatoms. The molecule has 1 aromatic rings. The van der Waals surface area contributed by atoms with Crippen LogP contribution in [-0.4, -0.2) is 36.3 Å². The van der Waals surface area contributed by atoms with Gasteiger partial charge in [-0.25, -0.2) is 0 Å². The number of nitrogens with zero attached hydrogens (tertiary/aromatic N) is 1. The molecule has 1 aromatic carbocycles. The quantitative estimate of drug-likeness (QED) is 0.911. The predicted molar refractivity (Wildman–Crippen MR) is 88.4 cm³/mol. The van der Waals surface area contributed by atoms with Crippen LogP contribution in [-0.2, 0) is 4.79 Å². The molecular formula is C16H20Cl2N2O2. The van der Waals surface area contributed by atoms with Crippen LogP contribution >= 0.6 is 23.2 Å². The highest BCUT2D eigenvalue weighted by Gasteiger charge is 2.20. The molecule has 0 radical (unpaired) electrons. The van der Waals surface area contributed by atoms with E-state index in [1.165, 1.54) is 0 Å². The van der Waals surface area contributed by atoms with Gasteiger partial charge in [0, 0.05) is 31.6 Å². The molecule has 0 aromatic heterocycles. The van der Waals surface area contributed by atoms with Gasteiger partial charge in [0.25, 0.3) is 5.91 Å². The van der Waals surface area contributed by atoms with E-state index in [1.54, 1.807) is 25.1 Å². The molecule has 0 saturated carbocycles. The molecule has 0 bridgehead atoms. The molecule has 22 heavy (non-hydrogen) atoms. The second-order valence-corrected chi connectivity index (χ2v) is 6.46. The molecule has 120 valence electrons. The third-order valence-electron chi connectivity index (χ3n) is 4.07. The standard InChI is InChI=1S/C16H20Cl2N2O2/c1-11(21)20-8-5-12(6-9-20)4-7-19-16(22)14-3-2-13(17)10-15(14)18/h2-3,10,12H,4-9H2,1H3,(H,19,22). The summed E-state index contributed by atoms with van der Waals surface area (Å²) >= 11 is 11.8. The summed E-state index contributed by atoms with van der Waals surface area (Å²) < 4.78 is 0. The van der Waals surface area contributed by atoms with Crippen LogP contribution in [0.25, 0.3) is 0 Å². The van der Waals surface area contributed by atoms with Crippen LogP contribution < -0.4 is 5.32 Å². The van der Waals surface area contributed by atoms with Crippen molar-refractivity contribution in [2.24, 2.45) is 5.92 Å². The summed E-state index contributed by atoms with van der Waals surface area (Å²) in [5.74, 6) is 0.517. The Morgan fingerprint density at radius 2 is 1.95 bits per heavy atom. The van der Waals surface area contributed by atoms with E-state index in [0.717, 1.165) is 32.4 Å². The number of benzene rings is 1. The van der Waals surface area contributed by atoms with Gasteiger partial charge < -0.3 is 10.2 Å². The highest BCUT2D eigenvalue weighted by molar-refractivity contribution is 6.36. The van der Waals surface area contributed by atoms with Crippen molar-refractivity contribution in [3.63, 3.8) is 0 Å². The first-order valence-corrected chi connectivity index (χ1v) is 8.21. The molecule has 0 atom stereocenters. The fourth-order valence-corrected chi connectivity index (χ4v) is 3.19. The smallest absolute Gasteiger partial charge is 0.252 e. The minimum atomic E-state index is -0.178. The lowest BCUT2D eigenvalue weighted by atomic mass is 9.93. The monoisotopic (exact) mass is 342 g/mol. The van der Waals surface area contributed by atoms with Gasteiger partial charge >= 0.3 is 0 Å². The van der Waals surface area contributed by atoms with Crippen LogP contribution in [0.2, 0.25) is 10.0 Å². The Labute approximate surface area is 140 Å². The molecular weight excluding hydrogens is 323 g/mol. The van der Waals surface area contributed by atoms with Gasteiger partial charge in [0.05, 0.1) is 10.6 Å². The number of carbonyl (C=O) groups is 2. The summed E-state index contributed by atoms with van der Waals surface area (Å²) in [6.45, 7) is 3.85. The summed E-state index contributed by atoms with van der Waals surface area (Å²) in [6, 6.07) is 4.85. The van der Waals surface area contributed by atoms with Crippen molar-refractivity contribution in [2.75, 3.05) is 19.6 Å². The molecule has 2 amide bonds. The van der Waals surface area contributed by atoms with Crippen LogP contribution in [0.5, 0.6) is 0 Å². The molecule has 1 aliphatic heterocycles. The number of carbonyl (C=O) groups excluding carboxylic acids is 2. The molecule has 2 rings (SSSR count). The van der Waals surface area contributed by atoms with E-state index in [1.807, 2.05) is 4.90 Å². The Kier molecular flexibility index (Phi) is 6.09. The second kappa shape index (κ2) is 7.84. The zero-order valence-corrected chi connectivity index (χ0v) is 14.1. The number of amides is 2. The minimum Gasteiger partial charge on any atom is -0.352 e. The van der Waals surface area contributed by atoms with Crippen molar-refractivity contribution < 1.29 is 9.59 Å². The molecule has 1 heterocycles. The summed E-state index contributed by atoms with van der Waals surface area (Å²) in [6.07, 6.45) is 2.91. The van der Waals surface area contributed by atoms with E-state index in [4.69, 9.17) is 23.2 Å². The van der Waals surface area contributed by atoms with Gasteiger partial charge in [0.15, 0.2) is 0 Å². The number of hydrogen-bond acceptors (Lipinski definition) is 2. The van der Waals surface area contributed by atoms with E-state index in [2.05, 4.69) is 5.32 Å². The van der Waals surface area contributed by atoms with Crippen molar-refractivity contribution in [1.29, 1.82) is 0 Å². The van der Waals surface area contributed by atoms with Crippen LogP contribution in [0, 0.1) is 5.92 Å². The van der Waals surface area contributed by atoms with Crippen LogP contribution in [0.15, 0.2) is 18.2 Å². The number of piperidine rings is 1. The van der Waals surface area contributed by atoms with Gasteiger partial charge in [-0.1, -0.05) is 23.2 Å². The third-order valence-corrected chi connectivity index (χ3v) is 4.62. The zero-order valence-electron chi connectivity index (χ0n) is 12.6. The van der Waals surface area contributed by atoms with Crippen molar-refractivity contribution in [3.05, 3.63) is 33.8 Å². The average Bonchev–Trinajstić information content (AvgIpc) is 2.47. The normalized spacial score (nSPS) is 15.7. The number of rotatable bonds is 4. The van der Waals surface area contributed by atoms with Crippen LogP contribution in [0.3, 0.4) is 0 Å². The summed E-state index contributed by atoms with van der Waals surface area (Å²) in [4.78, 5) is 25.2. The first-order chi connectivity index (χ1) is 10.5. The van der Waals surface area contributed by atoms with Gasteiger partial charge in [-0.3, -0.25) is 9.59 Å². The van der Waals surface area contributed by atoms with Crippen molar-refractivity contribution in [3.8, 4) is 0 Å². The van der Waals surface area contributed by atoms with E-state index in [9.17, 15) is 9.59 Å². The molecule has 0 aliphatic carbocycles. The number of likely N-dealkylation sites (tertiary alicyclic amines) is 1. The lowest BCUT2D eigenvalue weighted by Gasteiger charge is -2.31. The first-order valence-electron chi connectivity index (χ1n) is 7.46. The lowest BCUT2D eigenvalue weighted by molar-refractivity contribution is -0.130. The van der Waals surface area contributed by atoms with Crippen LogP contribution in [0.4, 0.5) is 0 Å². The van der Waals surface area contributed by atoms with E-state index >= 15 is 0 Å². The second-order valence-electron chi connectivity index (χ2n) is 5.62. The third kappa shape index (κ3) is 4.62. The lowest BCUT2D eigenvalue weighted by Crippen LogP contribution is -2.38. The van der Waals surface area contributed by atoms with E-state index < -0.39 is 0 Å². The van der Waals surface area contributed by atoms with Crippen LogP contribution in [0.1, 0.15) is 36.5 Å². The fourth-order valence-electron chi connectivity index (χ4n) is 2.70. The van der Waals surface area contributed by atoms with Gasteiger partial charge in [0.1, 0.15) is 0 Å². The SMILES string of the molecule is CC(=O)N1CCC(CCNC(=O)c2ccc(Cl)cc2Cl)CC1. The number of nitrogens with one attached hydrogen (secondary N) is 1. The first kappa shape index (κ1) is 17.1. The van der Waals surface area contributed by atoms with Crippen molar-refractivity contribution in [1.82, 2.24) is 10.2 Å². The minimum absolute atomic E-state index is 0.143. The van der Waals surface area contributed by atoms with Crippen molar-refractivity contribution >= 4 is 35.0 Å². The fraction of sp³-hybridized carbons (Fsp3) is 0.500. The summed E-state index contributed by atoms with van der Waals surface area (Å²) in [5, 5.41) is 3.77. The maximum atomic E-state index is 12.1. The largest absolute Gasteiger partial charge is 0.352 e. The van der Waals surface area contributed by atoms with E-state index in [-0.39, 0.29) is 11.8 Å². The highest BCUT2D eigenvalue weighted by Crippen LogP contribution is 2.22. The topological polar surface area (TPSA) is 49.4 Å². The maximum Gasteiger partial charge on any atom is 0.252 e. The molecule has 1 N–H and O–H groups in total. The number of halogens is 2. The maximum absolute atomic E-state index is 12.1. The predicted octanol–water partition coefficient (Wildman–Crippen LogP) is 3.37. The number of hydrogen-bond donors (Lipinski definition) is 1. The zero-order chi connectivity index (χ0) is 16.1. The van der Waals surface area contributed by atoms with E-state index in [0.29, 0.717) is 28.1 Å².